The molecule has 2 aliphatic carbocycles. The smallest absolute Gasteiger partial charge is 0.199 e. The molecule has 5 rings (SSSR count). The van der Waals surface area contributed by atoms with Gasteiger partial charge in [-0.2, -0.15) is 5.10 Å². The summed E-state index contributed by atoms with van der Waals surface area (Å²) < 4.78 is 5.32. The first-order chi connectivity index (χ1) is 12.3. The first-order valence-electron chi connectivity index (χ1n) is 9.22. The molecule has 0 bridgehead atoms. The van der Waals surface area contributed by atoms with Crippen molar-refractivity contribution in [2.45, 2.75) is 44.3 Å². The molecule has 2 aromatic heterocycles. The Labute approximate surface area is 152 Å². The zero-order valence-electron chi connectivity index (χ0n) is 14.3. The minimum absolute atomic E-state index is 0.616. The molecular weight excluding hydrogens is 334 g/mol. The molecule has 1 aliphatic heterocycles. The van der Waals surface area contributed by atoms with Gasteiger partial charge in [0.25, 0.3) is 0 Å². The topological polar surface area (TPSA) is 55.0 Å². The van der Waals surface area contributed by atoms with Crippen molar-refractivity contribution >= 4 is 18.0 Å². The fourth-order valence-corrected chi connectivity index (χ4v) is 3.93. The van der Waals surface area contributed by atoms with E-state index in [1.165, 1.54) is 31.5 Å². The maximum Gasteiger partial charge on any atom is 0.199 e. The monoisotopic (exact) mass is 357 g/mol. The minimum atomic E-state index is 0.616. The molecule has 0 spiro atoms. The third-order valence-electron chi connectivity index (χ3n) is 5.33. The molecular formula is C17H23N7S. The maximum absolute atomic E-state index is 5.75. The Kier molecular flexibility index (Phi) is 3.82. The molecule has 0 unspecified atom stereocenters. The lowest BCUT2D eigenvalue weighted by Gasteiger charge is -2.34. The normalized spacial score (nSPS) is 21.7. The van der Waals surface area contributed by atoms with Gasteiger partial charge in [0, 0.05) is 50.5 Å². The predicted molar refractivity (Wildman–Crippen MR) is 97.1 cm³/mol. The number of hydrogen-bond acceptors (Lipinski definition) is 6. The van der Waals surface area contributed by atoms with Crippen molar-refractivity contribution in [3.8, 4) is 0 Å². The maximum atomic E-state index is 5.75. The van der Waals surface area contributed by atoms with Crippen molar-refractivity contribution in [2.24, 2.45) is 0 Å². The molecule has 8 heteroatoms. The van der Waals surface area contributed by atoms with Gasteiger partial charge in [-0.15, -0.1) is 0 Å². The van der Waals surface area contributed by atoms with E-state index in [1.807, 2.05) is 6.20 Å². The van der Waals surface area contributed by atoms with Crippen LogP contribution < -0.4 is 4.90 Å². The van der Waals surface area contributed by atoms with Crippen LogP contribution in [0.15, 0.2) is 18.6 Å². The molecule has 7 nitrogen and oxygen atoms in total. The Balaban J connectivity index is 1.27. The molecule has 0 N–H and O–H groups in total. The highest BCUT2D eigenvalue weighted by molar-refractivity contribution is 7.71. The second-order valence-corrected chi connectivity index (χ2v) is 7.69. The van der Waals surface area contributed by atoms with E-state index < -0.39 is 0 Å². The number of hydrogen-bond donors (Lipinski definition) is 0. The van der Waals surface area contributed by atoms with E-state index in [0.717, 1.165) is 43.4 Å². The Hall–Kier alpha value is -1.80. The van der Waals surface area contributed by atoms with Crippen LogP contribution in [0.5, 0.6) is 0 Å². The highest BCUT2D eigenvalue weighted by Gasteiger charge is 2.36. The fraction of sp³-hybridized carbons (Fsp3) is 0.647. The van der Waals surface area contributed by atoms with Crippen LogP contribution in [0.1, 0.15) is 43.5 Å². The summed E-state index contributed by atoms with van der Waals surface area (Å²) in [5, 5.41) is 4.90. The van der Waals surface area contributed by atoms with E-state index in [2.05, 4.69) is 29.0 Å². The number of piperazine rings is 1. The average Bonchev–Trinajstić information content (AvgIpc) is 3.56. The van der Waals surface area contributed by atoms with Crippen LogP contribution >= 0.6 is 12.2 Å². The summed E-state index contributed by atoms with van der Waals surface area (Å²) in [6.07, 6.45) is 10.4. The van der Waals surface area contributed by atoms with Gasteiger partial charge in [-0.05, 0) is 37.9 Å². The molecule has 3 fully saturated rings. The van der Waals surface area contributed by atoms with Crippen LogP contribution in [0, 0.1) is 4.77 Å². The first-order valence-corrected chi connectivity index (χ1v) is 9.63. The Morgan fingerprint density at radius 2 is 1.84 bits per heavy atom. The molecule has 0 radical (unpaired) electrons. The highest BCUT2D eigenvalue weighted by Crippen LogP contribution is 2.44. The van der Waals surface area contributed by atoms with E-state index in [4.69, 9.17) is 17.3 Å². The zero-order chi connectivity index (χ0) is 16.8. The summed E-state index contributed by atoms with van der Waals surface area (Å²) in [6.45, 7) is 4.71. The number of anilines is 1. The van der Waals surface area contributed by atoms with E-state index in [9.17, 15) is 0 Å². The van der Waals surface area contributed by atoms with Crippen LogP contribution in [0.25, 0.3) is 0 Å². The lowest BCUT2D eigenvalue weighted by atomic mass is 10.3. The molecule has 132 valence electrons. The molecule has 2 saturated carbocycles. The number of nitrogens with zero attached hydrogens (tertiary/aromatic N) is 7. The van der Waals surface area contributed by atoms with Gasteiger partial charge in [0.15, 0.2) is 4.77 Å². The molecule has 0 aromatic carbocycles. The quantitative estimate of drug-likeness (QED) is 0.765. The van der Waals surface area contributed by atoms with Crippen molar-refractivity contribution in [3.05, 3.63) is 29.2 Å². The number of aromatic nitrogens is 5. The summed E-state index contributed by atoms with van der Waals surface area (Å²) in [7, 11) is 0. The molecule has 2 aromatic rings. The average molecular weight is 357 g/mol. The molecule has 3 aliphatic rings. The van der Waals surface area contributed by atoms with Crippen LogP contribution in [0.2, 0.25) is 0 Å². The van der Waals surface area contributed by atoms with Crippen molar-refractivity contribution in [1.82, 2.24) is 29.2 Å². The Morgan fingerprint density at radius 3 is 2.48 bits per heavy atom. The third kappa shape index (κ3) is 3.08. The number of rotatable bonds is 5. The van der Waals surface area contributed by atoms with E-state index in [1.54, 1.807) is 12.4 Å². The first kappa shape index (κ1) is 15.5. The van der Waals surface area contributed by atoms with E-state index in [-0.39, 0.29) is 0 Å². The van der Waals surface area contributed by atoms with Crippen LogP contribution in [0.4, 0.5) is 5.82 Å². The Morgan fingerprint density at radius 1 is 1.04 bits per heavy atom. The van der Waals surface area contributed by atoms with Crippen molar-refractivity contribution < 1.29 is 0 Å². The van der Waals surface area contributed by atoms with Gasteiger partial charge in [0.2, 0.25) is 0 Å². The molecule has 1 saturated heterocycles. The van der Waals surface area contributed by atoms with Crippen LogP contribution in [-0.2, 0) is 6.67 Å². The summed E-state index contributed by atoms with van der Waals surface area (Å²) in [6, 6.07) is 0.616. The third-order valence-corrected chi connectivity index (χ3v) is 5.74. The van der Waals surface area contributed by atoms with Gasteiger partial charge in [0.05, 0.1) is 12.9 Å². The molecule has 25 heavy (non-hydrogen) atoms. The van der Waals surface area contributed by atoms with Gasteiger partial charge in [-0.25, -0.2) is 9.67 Å². The van der Waals surface area contributed by atoms with Gasteiger partial charge >= 0.3 is 0 Å². The molecule has 3 heterocycles. The van der Waals surface area contributed by atoms with E-state index in [0.29, 0.717) is 12.0 Å². The van der Waals surface area contributed by atoms with Crippen molar-refractivity contribution in [1.29, 1.82) is 0 Å². The second-order valence-electron chi connectivity index (χ2n) is 7.33. The predicted octanol–water partition coefficient (Wildman–Crippen LogP) is 2.20. The molecule has 0 atom stereocenters. The van der Waals surface area contributed by atoms with Crippen LogP contribution in [-0.4, -0.2) is 55.4 Å². The van der Waals surface area contributed by atoms with Gasteiger partial charge in [-0.3, -0.25) is 9.88 Å². The SMILES string of the molecule is S=c1n(CN2CCN(c3cnccn3)CC2)nc(C2CC2)n1C1CC1. The lowest BCUT2D eigenvalue weighted by molar-refractivity contribution is 0.193. The summed E-state index contributed by atoms with van der Waals surface area (Å²) in [4.78, 5) is 13.3. The summed E-state index contributed by atoms with van der Waals surface area (Å²) in [5.41, 5.74) is 0. The molecule has 0 amide bonds. The summed E-state index contributed by atoms with van der Waals surface area (Å²) >= 11 is 5.75. The van der Waals surface area contributed by atoms with E-state index >= 15 is 0 Å². The zero-order valence-corrected chi connectivity index (χ0v) is 15.1. The lowest BCUT2D eigenvalue weighted by Crippen LogP contribution is -2.47. The standard InChI is InChI=1S/C17H23N7S/c25-17-23(20-16(13-1-2-13)24(17)14-3-4-14)12-21-7-9-22(10-8-21)15-11-18-5-6-19-15/h5-6,11,13-14H,1-4,7-10,12H2. The largest absolute Gasteiger partial charge is 0.353 e. The fourth-order valence-electron chi connectivity index (χ4n) is 3.59. The van der Waals surface area contributed by atoms with Crippen molar-refractivity contribution in [3.63, 3.8) is 0 Å². The minimum Gasteiger partial charge on any atom is -0.353 e. The van der Waals surface area contributed by atoms with Gasteiger partial charge < -0.3 is 9.47 Å². The van der Waals surface area contributed by atoms with Gasteiger partial charge in [-0.1, -0.05) is 0 Å². The summed E-state index contributed by atoms with van der Waals surface area (Å²) in [5.74, 6) is 2.86. The second kappa shape index (κ2) is 6.17. The van der Waals surface area contributed by atoms with Crippen molar-refractivity contribution in [2.75, 3.05) is 31.1 Å². The Bertz CT molecular complexity index is 798. The highest BCUT2D eigenvalue weighted by atomic mass is 32.1. The van der Waals surface area contributed by atoms with Gasteiger partial charge in [0.1, 0.15) is 11.6 Å². The van der Waals surface area contributed by atoms with Crippen LogP contribution in [0.3, 0.4) is 0 Å².